The molecule has 0 atom stereocenters. The second kappa shape index (κ2) is 6.23. The highest BCUT2D eigenvalue weighted by Gasteiger charge is 2.15. The van der Waals surface area contributed by atoms with E-state index >= 15 is 0 Å². The Bertz CT molecular complexity index is 459. The zero-order chi connectivity index (χ0) is 13.8. The van der Waals surface area contributed by atoms with Gasteiger partial charge in [0.05, 0.1) is 0 Å². The maximum Gasteiger partial charge on any atom is 0.409 e. The number of benzene rings is 1. The number of likely N-dealkylation sites (N-methyl/N-ethyl adjacent to an activating group) is 1. The molecule has 1 aliphatic rings. The summed E-state index contributed by atoms with van der Waals surface area (Å²) in [6, 6.07) is 5.28. The summed E-state index contributed by atoms with van der Waals surface area (Å²) in [6.07, 6.45) is -1.08. The predicted molar refractivity (Wildman–Crippen MR) is 75.9 cm³/mol. The van der Waals surface area contributed by atoms with Crippen molar-refractivity contribution in [1.82, 2.24) is 9.80 Å². The lowest BCUT2D eigenvalue weighted by atomic mass is 10.1. The number of rotatable bonds is 3. The highest BCUT2D eigenvalue weighted by atomic mass is 35.5. The van der Waals surface area contributed by atoms with Gasteiger partial charge in [-0.3, -0.25) is 10.2 Å². The third kappa shape index (κ3) is 4.09. The summed E-state index contributed by atoms with van der Waals surface area (Å²) in [5.41, 5.74) is 1.53. The largest absolute Gasteiger partial charge is 0.465 e. The number of amides is 1. The van der Waals surface area contributed by atoms with Crippen LogP contribution in [0.3, 0.4) is 0 Å². The minimum atomic E-state index is -1.08. The van der Waals surface area contributed by atoms with Crippen LogP contribution >= 0.6 is 11.6 Å². The zero-order valence-electron chi connectivity index (χ0n) is 10.9. The molecule has 19 heavy (non-hydrogen) atoms. The molecule has 5 nitrogen and oxygen atoms in total. The Labute approximate surface area is 117 Å². The Morgan fingerprint density at radius 3 is 2.63 bits per heavy atom. The van der Waals surface area contributed by atoms with Crippen LogP contribution in [0.2, 0.25) is 5.02 Å². The molecule has 6 heteroatoms. The number of halogens is 1. The molecule has 1 fully saturated rings. The normalized spacial score (nSPS) is 17.4. The van der Waals surface area contributed by atoms with Crippen LogP contribution in [-0.2, 0) is 6.54 Å². The van der Waals surface area contributed by atoms with Gasteiger partial charge in [-0.15, -0.1) is 0 Å². The van der Waals surface area contributed by atoms with Gasteiger partial charge in [0.15, 0.2) is 0 Å². The molecule has 1 aromatic rings. The van der Waals surface area contributed by atoms with Crippen molar-refractivity contribution >= 4 is 23.4 Å². The average Bonchev–Trinajstić information content (AvgIpc) is 2.34. The topological polar surface area (TPSA) is 55.8 Å². The van der Waals surface area contributed by atoms with Crippen molar-refractivity contribution in [2.24, 2.45) is 0 Å². The fraction of sp³-hybridized carbons (Fsp3) is 0.462. The Morgan fingerprint density at radius 2 is 2.05 bits per heavy atom. The van der Waals surface area contributed by atoms with Gasteiger partial charge in [-0.25, -0.2) is 4.79 Å². The summed E-state index contributed by atoms with van der Waals surface area (Å²) < 4.78 is 0. The lowest BCUT2D eigenvalue weighted by Crippen LogP contribution is -2.43. The van der Waals surface area contributed by atoms with Gasteiger partial charge in [0.2, 0.25) is 0 Å². The molecule has 0 bridgehead atoms. The minimum Gasteiger partial charge on any atom is -0.465 e. The lowest BCUT2D eigenvalue weighted by Gasteiger charge is -2.32. The van der Waals surface area contributed by atoms with Crippen molar-refractivity contribution < 1.29 is 9.90 Å². The molecule has 0 spiro atoms. The number of anilines is 1. The number of nitrogens with zero attached hydrogens (tertiary/aromatic N) is 2. The summed E-state index contributed by atoms with van der Waals surface area (Å²) >= 11 is 6.19. The second-order valence-electron chi connectivity index (χ2n) is 4.82. The number of hydrogen-bond donors (Lipinski definition) is 2. The Balaban J connectivity index is 1.99. The maximum absolute atomic E-state index is 10.5. The predicted octanol–water partition coefficient (Wildman–Crippen LogP) is 2.18. The van der Waals surface area contributed by atoms with E-state index < -0.39 is 6.09 Å². The summed E-state index contributed by atoms with van der Waals surface area (Å²) in [6.45, 7) is 5.00. The monoisotopic (exact) mass is 283 g/mol. The molecule has 0 aromatic heterocycles. The van der Waals surface area contributed by atoms with Gasteiger partial charge < -0.3 is 10.0 Å². The van der Waals surface area contributed by atoms with Crippen molar-refractivity contribution in [3.8, 4) is 0 Å². The third-order valence-electron chi connectivity index (χ3n) is 3.29. The van der Waals surface area contributed by atoms with Crippen LogP contribution < -0.4 is 5.32 Å². The van der Waals surface area contributed by atoms with Crippen molar-refractivity contribution in [3.63, 3.8) is 0 Å². The van der Waals surface area contributed by atoms with Crippen LogP contribution in [0, 0.1) is 0 Å². The van der Waals surface area contributed by atoms with Crippen LogP contribution in [-0.4, -0.2) is 54.2 Å². The van der Waals surface area contributed by atoms with E-state index in [0.29, 0.717) is 10.7 Å². The van der Waals surface area contributed by atoms with Gasteiger partial charge in [-0.2, -0.15) is 0 Å². The molecule has 1 amide bonds. The molecular weight excluding hydrogens is 266 g/mol. The highest BCUT2D eigenvalue weighted by Crippen LogP contribution is 2.22. The van der Waals surface area contributed by atoms with Gasteiger partial charge in [-0.05, 0) is 24.7 Å². The van der Waals surface area contributed by atoms with E-state index in [0.717, 1.165) is 38.3 Å². The maximum atomic E-state index is 10.5. The Kier molecular flexibility index (Phi) is 4.63. The van der Waals surface area contributed by atoms with Crippen LogP contribution in [0.4, 0.5) is 10.5 Å². The van der Waals surface area contributed by atoms with E-state index in [1.807, 2.05) is 6.07 Å². The highest BCUT2D eigenvalue weighted by molar-refractivity contribution is 6.31. The smallest absolute Gasteiger partial charge is 0.409 e. The molecule has 0 radical (unpaired) electrons. The summed E-state index contributed by atoms with van der Waals surface area (Å²) in [5, 5.41) is 11.5. The molecule has 2 rings (SSSR count). The SMILES string of the molecule is CN1CCN(Cc2ccc(NC(=O)O)cc2Cl)CC1. The first-order valence-electron chi connectivity index (χ1n) is 6.24. The van der Waals surface area contributed by atoms with Gasteiger partial charge in [0, 0.05) is 43.4 Å². The van der Waals surface area contributed by atoms with E-state index in [9.17, 15) is 4.79 Å². The standard InChI is InChI=1S/C13H18ClN3O2/c1-16-4-6-17(7-5-16)9-10-2-3-11(8-12(10)14)15-13(18)19/h2-3,8,15H,4-7,9H2,1H3,(H,18,19). The van der Waals surface area contributed by atoms with E-state index in [1.54, 1.807) is 12.1 Å². The minimum absolute atomic E-state index is 0.500. The quantitative estimate of drug-likeness (QED) is 0.893. The van der Waals surface area contributed by atoms with Gasteiger partial charge in [0.25, 0.3) is 0 Å². The molecule has 0 aliphatic carbocycles. The van der Waals surface area contributed by atoms with Crippen LogP contribution in [0.1, 0.15) is 5.56 Å². The summed E-state index contributed by atoms with van der Waals surface area (Å²) in [7, 11) is 2.12. The number of piperazine rings is 1. The van der Waals surface area contributed by atoms with Crippen molar-refractivity contribution in [3.05, 3.63) is 28.8 Å². The van der Waals surface area contributed by atoms with Crippen LogP contribution in [0.5, 0.6) is 0 Å². The van der Waals surface area contributed by atoms with Gasteiger partial charge in [-0.1, -0.05) is 17.7 Å². The first-order chi connectivity index (χ1) is 9.04. The zero-order valence-corrected chi connectivity index (χ0v) is 11.7. The molecule has 1 heterocycles. The Hall–Kier alpha value is -1.30. The summed E-state index contributed by atoms with van der Waals surface area (Å²) in [5.74, 6) is 0. The van der Waals surface area contributed by atoms with E-state index in [2.05, 4.69) is 22.2 Å². The van der Waals surface area contributed by atoms with Gasteiger partial charge in [0.1, 0.15) is 0 Å². The second-order valence-corrected chi connectivity index (χ2v) is 5.22. The molecule has 0 saturated carbocycles. The average molecular weight is 284 g/mol. The number of carboxylic acid groups (broad SMARTS) is 1. The fourth-order valence-corrected chi connectivity index (χ4v) is 2.36. The molecule has 1 aliphatic heterocycles. The first kappa shape index (κ1) is 14.1. The molecule has 0 unspecified atom stereocenters. The van der Waals surface area contributed by atoms with Crippen LogP contribution in [0.15, 0.2) is 18.2 Å². The summed E-state index contributed by atoms with van der Waals surface area (Å²) in [4.78, 5) is 15.2. The number of carbonyl (C=O) groups is 1. The molecule has 104 valence electrons. The molecule has 1 aromatic carbocycles. The number of hydrogen-bond acceptors (Lipinski definition) is 3. The fourth-order valence-electron chi connectivity index (χ4n) is 2.12. The van der Waals surface area contributed by atoms with E-state index in [1.165, 1.54) is 0 Å². The molecule has 2 N–H and O–H groups in total. The number of nitrogens with one attached hydrogen (secondary N) is 1. The van der Waals surface area contributed by atoms with E-state index in [4.69, 9.17) is 16.7 Å². The first-order valence-corrected chi connectivity index (χ1v) is 6.61. The van der Waals surface area contributed by atoms with E-state index in [-0.39, 0.29) is 0 Å². The van der Waals surface area contributed by atoms with Crippen LogP contribution in [0.25, 0.3) is 0 Å². The van der Waals surface area contributed by atoms with Crippen molar-refractivity contribution in [2.75, 3.05) is 38.5 Å². The molecule has 1 saturated heterocycles. The third-order valence-corrected chi connectivity index (χ3v) is 3.65. The Morgan fingerprint density at radius 1 is 1.37 bits per heavy atom. The van der Waals surface area contributed by atoms with Gasteiger partial charge >= 0.3 is 6.09 Å². The molecular formula is C13H18ClN3O2. The van der Waals surface area contributed by atoms with Crippen molar-refractivity contribution in [1.29, 1.82) is 0 Å². The lowest BCUT2D eigenvalue weighted by molar-refractivity contribution is 0.148. The van der Waals surface area contributed by atoms with Crippen molar-refractivity contribution in [2.45, 2.75) is 6.54 Å².